The molecule has 0 radical (unpaired) electrons. The molecule has 6 heteroatoms. The van der Waals surface area contributed by atoms with Gasteiger partial charge in [0.25, 0.3) is 5.91 Å². The first-order valence-electron chi connectivity index (χ1n) is 6.75. The second-order valence-corrected chi connectivity index (χ2v) is 6.87. The lowest BCUT2D eigenvalue weighted by Crippen LogP contribution is -2.48. The summed E-state index contributed by atoms with van der Waals surface area (Å²) in [5.74, 6) is 0.408. The van der Waals surface area contributed by atoms with E-state index in [-0.39, 0.29) is 11.9 Å². The summed E-state index contributed by atoms with van der Waals surface area (Å²) in [6.07, 6.45) is 0.981. The molecule has 0 spiro atoms. The SMILES string of the molecule is CC1CNCCC1NC(=O)c1csc(-c2cccs2)n1. The molecule has 2 atom stereocenters. The van der Waals surface area contributed by atoms with Crippen LogP contribution in [0.15, 0.2) is 22.9 Å². The monoisotopic (exact) mass is 307 g/mol. The lowest BCUT2D eigenvalue weighted by molar-refractivity contribution is 0.0910. The van der Waals surface area contributed by atoms with Crippen molar-refractivity contribution in [2.75, 3.05) is 13.1 Å². The van der Waals surface area contributed by atoms with Crippen LogP contribution in [0.4, 0.5) is 0 Å². The third-order valence-electron chi connectivity index (χ3n) is 3.57. The summed E-state index contributed by atoms with van der Waals surface area (Å²) in [4.78, 5) is 17.8. The van der Waals surface area contributed by atoms with Gasteiger partial charge in [0.1, 0.15) is 10.7 Å². The van der Waals surface area contributed by atoms with Gasteiger partial charge in [0, 0.05) is 11.4 Å². The third-order valence-corrected chi connectivity index (χ3v) is 5.45. The van der Waals surface area contributed by atoms with E-state index in [2.05, 4.69) is 22.5 Å². The molecule has 4 nitrogen and oxygen atoms in total. The molecule has 2 aromatic rings. The van der Waals surface area contributed by atoms with E-state index in [1.165, 1.54) is 11.3 Å². The van der Waals surface area contributed by atoms with Gasteiger partial charge in [0.15, 0.2) is 0 Å². The molecule has 0 aliphatic carbocycles. The fourth-order valence-electron chi connectivity index (χ4n) is 2.36. The van der Waals surface area contributed by atoms with Gasteiger partial charge in [-0.1, -0.05) is 13.0 Å². The molecule has 20 heavy (non-hydrogen) atoms. The van der Waals surface area contributed by atoms with Crippen LogP contribution in [0.5, 0.6) is 0 Å². The predicted octanol–water partition coefficient (Wildman–Crippen LogP) is 2.60. The minimum atomic E-state index is -0.0530. The van der Waals surface area contributed by atoms with E-state index >= 15 is 0 Å². The van der Waals surface area contributed by atoms with Crippen molar-refractivity contribution < 1.29 is 4.79 Å². The zero-order chi connectivity index (χ0) is 13.9. The van der Waals surface area contributed by atoms with Gasteiger partial charge in [0.05, 0.1) is 4.88 Å². The molecule has 1 aliphatic rings. The lowest BCUT2D eigenvalue weighted by Gasteiger charge is -2.29. The Balaban J connectivity index is 1.68. The minimum Gasteiger partial charge on any atom is -0.348 e. The van der Waals surface area contributed by atoms with E-state index in [0.29, 0.717) is 11.6 Å². The molecule has 2 unspecified atom stereocenters. The summed E-state index contributed by atoms with van der Waals surface area (Å²) >= 11 is 3.17. The smallest absolute Gasteiger partial charge is 0.271 e. The van der Waals surface area contributed by atoms with Crippen LogP contribution < -0.4 is 10.6 Å². The van der Waals surface area contributed by atoms with Gasteiger partial charge in [-0.25, -0.2) is 4.98 Å². The van der Waals surface area contributed by atoms with Crippen LogP contribution in [0.1, 0.15) is 23.8 Å². The highest BCUT2D eigenvalue weighted by atomic mass is 32.1. The van der Waals surface area contributed by atoms with Crippen LogP contribution in [0.2, 0.25) is 0 Å². The Bertz CT molecular complexity index is 579. The summed E-state index contributed by atoms with van der Waals surface area (Å²) in [7, 11) is 0. The fraction of sp³-hybridized carbons (Fsp3) is 0.429. The fourth-order valence-corrected chi connectivity index (χ4v) is 3.98. The Hall–Kier alpha value is -1.24. The van der Waals surface area contributed by atoms with Crippen molar-refractivity contribution in [3.8, 4) is 9.88 Å². The van der Waals surface area contributed by atoms with Gasteiger partial charge in [0.2, 0.25) is 0 Å². The average Bonchev–Trinajstić information content (AvgIpc) is 3.11. The molecule has 1 saturated heterocycles. The molecule has 1 amide bonds. The molecule has 3 rings (SSSR count). The number of piperidine rings is 1. The van der Waals surface area contributed by atoms with Crippen molar-refractivity contribution in [1.29, 1.82) is 0 Å². The summed E-state index contributed by atoms with van der Waals surface area (Å²) in [6, 6.07) is 4.27. The summed E-state index contributed by atoms with van der Waals surface area (Å²) < 4.78 is 0. The van der Waals surface area contributed by atoms with Crippen molar-refractivity contribution in [1.82, 2.24) is 15.6 Å². The highest BCUT2D eigenvalue weighted by Crippen LogP contribution is 2.27. The minimum absolute atomic E-state index is 0.0530. The molecule has 0 aromatic carbocycles. The first-order valence-corrected chi connectivity index (χ1v) is 8.51. The Labute approximate surface area is 126 Å². The molecular weight excluding hydrogens is 290 g/mol. The number of thiazole rings is 1. The highest BCUT2D eigenvalue weighted by Gasteiger charge is 2.24. The van der Waals surface area contributed by atoms with Crippen LogP contribution in [0, 0.1) is 5.92 Å². The van der Waals surface area contributed by atoms with E-state index in [0.717, 1.165) is 29.4 Å². The molecule has 2 N–H and O–H groups in total. The molecule has 1 fully saturated rings. The third kappa shape index (κ3) is 2.92. The van der Waals surface area contributed by atoms with Gasteiger partial charge in [-0.05, 0) is 36.9 Å². The quantitative estimate of drug-likeness (QED) is 0.916. The van der Waals surface area contributed by atoms with Crippen LogP contribution in [-0.2, 0) is 0 Å². The van der Waals surface area contributed by atoms with E-state index < -0.39 is 0 Å². The summed E-state index contributed by atoms with van der Waals surface area (Å²) in [5, 5.41) is 11.2. The zero-order valence-electron chi connectivity index (χ0n) is 11.3. The number of nitrogens with zero attached hydrogens (tertiary/aromatic N) is 1. The molecule has 2 aromatic heterocycles. The predicted molar refractivity (Wildman–Crippen MR) is 83.3 cm³/mol. The largest absolute Gasteiger partial charge is 0.348 e. The number of thiophene rings is 1. The number of aromatic nitrogens is 1. The number of amides is 1. The second kappa shape index (κ2) is 6.03. The molecule has 106 valence electrons. The number of carbonyl (C=O) groups is 1. The number of hydrogen-bond donors (Lipinski definition) is 2. The van der Waals surface area contributed by atoms with Crippen LogP contribution in [-0.4, -0.2) is 30.0 Å². The van der Waals surface area contributed by atoms with Gasteiger partial charge in [-0.2, -0.15) is 0 Å². The Morgan fingerprint density at radius 2 is 2.40 bits per heavy atom. The standard InChI is InChI=1S/C14H17N3OS2/c1-9-7-15-5-4-10(9)16-13(18)11-8-20-14(17-11)12-3-2-6-19-12/h2-3,6,8-10,15H,4-5,7H2,1H3,(H,16,18). The molecule has 3 heterocycles. The maximum absolute atomic E-state index is 12.3. The Morgan fingerprint density at radius 3 is 3.15 bits per heavy atom. The molecular formula is C14H17N3OS2. The Morgan fingerprint density at radius 1 is 1.50 bits per heavy atom. The number of rotatable bonds is 3. The Kier molecular flexibility index (Phi) is 4.14. The lowest BCUT2D eigenvalue weighted by atomic mass is 9.95. The van der Waals surface area contributed by atoms with Crippen molar-refractivity contribution in [2.24, 2.45) is 5.92 Å². The van der Waals surface area contributed by atoms with E-state index in [1.807, 2.05) is 22.9 Å². The van der Waals surface area contributed by atoms with Crippen LogP contribution >= 0.6 is 22.7 Å². The number of hydrogen-bond acceptors (Lipinski definition) is 5. The van der Waals surface area contributed by atoms with Crippen molar-refractivity contribution in [2.45, 2.75) is 19.4 Å². The first-order chi connectivity index (χ1) is 9.74. The van der Waals surface area contributed by atoms with Gasteiger partial charge in [-0.15, -0.1) is 22.7 Å². The van der Waals surface area contributed by atoms with Crippen LogP contribution in [0.3, 0.4) is 0 Å². The van der Waals surface area contributed by atoms with Crippen LogP contribution in [0.25, 0.3) is 9.88 Å². The average molecular weight is 307 g/mol. The van der Waals surface area contributed by atoms with Gasteiger partial charge in [-0.3, -0.25) is 4.79 Å². The molecule has 0 bridgehead atoms. The number of nitrogens with one attached hydrogen (secondary N) is 2. The topological polar surface area (TPSA) is 54.0 Å². The van der Waals surface area contributed by atoms with E-state index in [9.17, 15) is 4.79 Å². The van der Waals surface area contributed by atoms with Crippen molar-refractivity contribution in [3.63, 3.8) is 0 Å². The zero-order valence-corrected chi connectivity index (χ0v) is 12.9. The van der Waals surface area contributed by atoms with E-state index in [4.69, 9.17) is 0 Å². The normalized spacial score (nSPS) is 22.6. The maximum Gasteiger partial charge on any atom is 0.271 e. The second-order valence-electron chi connectivity index (χ2n) is 5.07. The summed E-state index contributed by atoms with van der Waals surface area (Å²) in [6.45, 7) is 4.09. The van der Waals surface area contributed by atoms with Crippen molar-refractivity contribution in [3.05, 3.63) is 28.6 Å². The first kappa shape index (κ1) is 13.7. The van der Waals surface area contributed by atoms with Gasteiger partial charge < -0.3 is 10.6 Å². The van der Waals surface area contributed by atoms with Crippen molar-refractivity contribution >= 4 is 28.6 Å². The molecule has 1 aliphatic heterocycles. The van der Waals surface area contributed by atoms with Gasteiger partial charge >= 0.3 is 0 Å². The van der Waals surface area contributed by atoms with E-state index in [1.54, 1.807) is 11.3 Å². The highest BCUT2D eigenvalue weighted by molar-refractivity contribution is 7.20. The number of carbonyl (C=O) groups excluding carboxylic acids is 1. The maximum atomic E-state index is 12.3. The summed E-state index contributed by atoms with van der Waals surface area (Å²) in [5.41, 5.74) is 0.532. The molecule has 0 saturated carbocycles.